The lowest BCUT2D eigenvalue weighted by Crippen LogP contribution is -2.49. The average Bonchev–Trinajstić information content (AvgIpc) is 3.19. The van der Waals surface area contributed by atoms with Crippen molar-refractivity contribution in [2.75, 3.05) is 64.9 Å². The summed E-state index contributed by atoms with van der Waals surface area (Å²) in [6, 6.07) is 13.9. The number of benzene rings is 2. The first-order valence-corrected chi connectivity index (χ1v) is 14.6. The maximum absolute atomic E-state index is 11.9. The van der Waals surface area contributed by atoms with Gasteiger partial charge in [-0.1, -0.05) is 29.6 Å². The molecule has 0 aromatic heterocycles. The summed E-state index contributed by atoms with van der Waals surface area (Å²) in [6.07, 6.45) is 3.18. The minimum absolute atomic E-state index is 0.251. The molecule has 0 radical (unpaired) electrons. The zero-order valence-electron chi connectivity index (χ0n) is 19.3. The number of ether oxygens (including phenoxy) is 1. The molecule has 0 spiro atoms. The number of hydrogen-bond donors (Lipinski definition) is 0. The van der Waals surface area contributed by atoms with E-state index in [2.05, 4.69) is 52.5 Å². The molecule has 1 amide bonds. The van der Waals surface area contributed by atoms with E-state index in [4.69, 9.17) is 4.74 Å². The number of nitrogens with zero attached hydrogens (tertiary/aromatic N) is 3. The van der Waals surface area contributed by atoms with Crippen LogP contribution in [0.3, 0.4) is 0 Å². The molecule has 3 heterocycles. The van der Waals surface area contributed by atoms with Crippen LogP contribution < -0.4 is 4.74 Å². The van der Waals surface area contributed by atoms with E-state index in [0.717, 1.165) is 63.7 Å². The Morgan fingerprint density at radius 3 is 2.61 bits per heavy atom. The third-order valence-electron chi connectivity index (χ3n) is 6.86. The van der Waals surface area contributed by atoms with Crippen LogP contribution in [0.25, 0.3) is 0 Å². The molecule has 0 bridgehead atoms. The summed E-state index contributed by atoms with van der Waals surface area (Å²) in [5.41, 5.74) is 2.86. The highest BCUT2D eigenvalue weighted by atomic mass is 32.2. The number of rotatable bonds is 6. The van der Waals surface area contributed by atoms with Gasteiger partial charge in [0.1, 0.15) is 5.75 Å². The number of piperazine rings is 1. The maximum Gasteiger partial charge on any atom is 0.281 e. The van der Waals surface area contributed by atoms with E-state index in [9.17, 15) is 4.79 Å². The van der Waals surface area contributed by atoms with Crippen LogP contribution in [0.15, 0.2) is 51.1 Å². The first-order chi connectivity index (χ1) is 16.1. The van der Waals surface area contributed by atoms with Gasteiger partial charge in [0.15, 0.2) is 0 Å². The number of amides is 1. The van der Waals surface area contributed by atoms with E-state index < -0.39 is 0 Å². The molecule has 0 N–H and O–H groups in total. The number of carbonyl (C=O) groups is 1. The van der Waals surface area contributed by atoms with Crippen molar-refractivity contribution in [3.05, 3.63) is 47.5 Å². The van der Waals surface area contributed by atoms with Gasteiger partial charge >= 0.3 is 0 Å². The lowest BCUT2D eigenvalue weighted by Gasteiger charge is -2.40. The van der Waals surface area contributed by atoms with E-state index in [0.29, 0.717) is 6.04 Å². The fourth-order valence-electron chi connectivity index (χ4n) is 4.88. The van der Waals surface area contributed by atoms with Gasteiger partial charge in [-0.05, 0) is 54.1 Å². The second kappa shape index (κ2) is 10.5. The summed E-state index contributed by atoms with van der Waals surface area (Å²) in [5.74, 6) is 1.86. The molecule has 8 heteroatoms. The first-order valence-electron chi connectivity index (χ1n) is 11.6. The molecule has 1 unspecified atom stereocenters. The Kier molecular flexibility index (Phi) is 7.47. The minimum Gasteiger partial charge on any atom is -0.497 e. The Hall–Kier alpha value is -1.32. The van der Waals surface area contributed by atoms with Gasteiger partial charge in [-0.15, -0.1) is 11.8 Å². The van der Waals surface area contributed by atoms with Crippen LogP contribution in [0.5, 0.6) is 5.75 Å². The predicted molar refractivity (Wildman–Crippen MR) is 139 cm³/mol. The highest BCUT2D eigenvalue weighted by Crippen LogP contribution is 2.45. The zero-order valence-corrected chi connectivity index (χ0v) is 21.7. The molecule has 0 saturated carbocycles. The summed E-state index contributed by atoms with van der Waals surface area (Å²) in [5, 5.41) is 0.251. The van der Waals surface area contributed by atoms with Gasteiger partial charge in [0, 0.05) is 72.3 Å². The smallest absolute Gasteiger partial charge is 0.281 e. The van der Waals surface area contributed by atoms with Gasteiger partial charge in [0.25, 0.3) is 5.24 Å². The minimum atomic E-state index is 0.251. The van der Waals surface area contributed by atoms with Crippen molar-refractivity contribution in [2.45, 2.75) is 27.1 Å². The Morgan fingerprint density at radius 1 is 1.03 bits per heavy atom. The van der Waals surface area contributed by atoms with Crippen molar-refractivity contribution in [1.82, 2.24) is 14.7 Å². The van der Waals surface area contributed by atoms with Gasteiger partial charge in [0.2, 0.25) is 0 Å². The second-order valence-electron chi connectivity index (χ2n) is 8.68. The molecule has 33 heavy (non-hydrogen) atoms. The normalized spacial score (nSPS) is 21.6. The zero-order chi connectivity index (χ0) is 22.8. The van der Waals surface area contributed by atoms with Crippen molar-refractivity contribution >= 4 is 40.5 Å². The fourth-order valence-corrected chi connectivity index (χ4v) is 7.33. The van der Waals surface area contributed by atoms with Crippen molar-refractivity contribution in [3.63, 3.8) is 0 Å². The van der Waals surface area contributed by atoms with Crippen LogP contribution >= 0.6 is 35.3 Å². The highest BCUT2D eigenvalue weighted by molar-refractivity contribution is 8.13. The summed E-state index contributed by atoms with van der Waals surface area (Å²) in [4.78, 5) is 23.1. The fraction of sp³-hybridized carbons (Fsp3) is 0.480. The molecule has 2 fully saturated rings. The number of carbonyl (C=O) groups excluding carboxylic acids is 1. The van der Waals surface area contributed by atoms with E-state index in [1.165, 1.54) is 37.6 Å². The summed E-state index contributed by atoms with van der Waals surface area (Å²) in [7, 11) is 1.74. The summed E-state index contributed by atoms with van der Waals surface area (Å²) >= 11 is 5.15. The molecule has 5 rings (SSSR count). The first kappa shape index (κ1) is 23.4. The van der Waals surface area contributed by atoms with Crippen LogP contribution in [0.1, 0.15) is 17.2 Å². The number of methoxy groups -OCH3 is 1. The van der Waals surface area contributed by atoms with Crippen LogP contribution in [-0.4, -0.2) is 84.9 Å². The maximum atomic E-state index is 11.9. The van der Waals surface area contributed by atoms with Crippen LogP contribution in [0, 0.1) is 0 Å². The standard InChI is InChI=1S/C25H31N3O2S3/c1-30-19-4-3-18-15-22(21-17-20(31-2)5-6-23(21)33-24(18)16-19)27-10-7-26(8-11-27)9-12-28-13-14-32-25(28)29/h3-6,16-17,22H,7-15H2,1-2H3. The van der Waals surface area contributed by atoms with Gasteiger partial charge in [0.05, 0.1) is 7.11 Å². The largest absolute Gasteiger partial charge is 0.497 e. The molecular formula is C25H31N3O2S3. The third-order valence-corrected chi connectivity index (χ3v) is 9.67. The van der Waals surface area contributed by atoms with E-state index in [1.54, 1.807) is 7.11 Å². The van der Waals surface area contributed by atoms with Crippen molar-refractivity contribution in [3.8, 4) is 5.75 Å². The van der Waals surface area contributed by atoms with Crippen molar-refractivity contribution in [1.29, 1.82) is 0 Å². The molecule has 1 atom stereocenters. The van der Waals surface area contributed by atoms with Crippen LogP contribution in [0.2, 0.25) is 0 Å². The Bertz CT molecular complexity index is 1010. The molecule has 3 aliphatic rings. The number of thioether (sulfide) groups is 2. The number of fused-ring (bicyclic) bond motifs is 2. The molecule has 176 valence electrons. The Morgan fingerprint density at radius 2 is 1.88 bits per heavy atom. The van der Waals surface area contributed by atoms with E-state index >= 15 is 0 Å². The topological polar surface area (TPSA) is 36.0 Å². The Labute approximate surface area is 209 Å². The number of hydrogen-bond acceptors (Lipinski definition) is 7. The lowest BCUT2D eigenvalue weighted by atomic mass is 9.96. The summed E-state index contributed by atoms with van der Waals surface area (Å²) in [6.45, 7) is 7.00. The van der Waals surface area contributed by atoms with E-state index in [1.807, 2.05) is 28.4 Å². The summed E-state index contributed by atoms with van der Waals surface area (Å²) < 4.78 is 5.51. The molecule has 3 aliphatic heterocycles. The van der Waals surface area contributed by atoms with Crippen molar-refractivity contribution < 1.29 is 9.53 Å². The molecule has 2 aromatic carbocycles. The van der Waals surface area contributed by atoms with Crippen LogP contribution in [0.4, 0.5) is 4.79 Å². The van der Waals surface area contributed by atoms with Gasteiger partial charge in [-0.3, -0.25) is 14.6 Å². The lowest BCUT2D eigenvalue weighted by molar-refractivity contribution is 0.0902. The molecule has 2 saturated heterocycles. The van der Waals surface area contributed by atoms with Crippen molar-refractivity contribution in [2.24, 2.45) is 0 Å². The van der Waals surface area contributed by atoms with Gasteiger partial charge in [-0.2, -0.15) is 0 Å². The van der Waals surface area contributed by atoms with Gasteiger partial charge in [-0.25, -0.2) is 0 Å². The monoisotopic (exact) mass is 501 g/mol. The SMILES string of the molecule is COc1ccc2c(c1)Sc1ccc(SC)cc1C(N1CCN(CCN3CCSC3=O)CC1)C2. The second-order valence-corrected chi connectivity index (χ2v) is 11.7. The molecule has 0 aliphatic carbocycles. The van der Waals surface area contributed by atoms with Crippen LogP contribution in [-0.2, 0) is 6.42 Å². The van der Waals surface area contributed by atoms with Gasteiger partial charge < -0.3 is 9.64 Å². The molecule has 2 aromatic rings. The highest BCUT2D eigenvalue weighted by Gasteiger charge is 2.31. The average molecular weight is 502 g/mol. The van der Waals surface area contributed by atoms with E-state index in [-0.39, 0.29) is 5.24 Å². The molecular weight excluding hydrogens is 470 g/mol. The molecule has 5 nitrogen and oxygen atoms in total. The third kappa shape index (κ3) is 5.20. The quantitative estimate of drug-likeness (QED) is 0.518. The predicted octanol–water partition coefficient (Wildman–Crippen LogP) is 4.95. The Balaban J connectivity index is 1.33.